The fourth-order valence-electron chi connectivity index (χ4n) is 9.36. The van der Waals surface area contributed by atoms with E-state index in [1.807, 2.05) is 53.6 Å². The van der Waals surface area contributed by atoms with E-state index in [4.69, 9.17) is 28.4 Å². The molecule has 3 aliphatic rings. The summed E-state index contributed by atoms with van der Waals surface area (Å²) in [6.45, 7) is 20.0. The van der Waals surface area contributed by atoms with Crippen molar-refractivity contribution in [1.82, 2.24) is 10.2 Å². The first-order chi connectivity index (χ1) is 24.9. The fraction of sp³-hybridized carbons (Fsp3) is 0.975. The molecule has 3 saturated heterocycles. The van der Waals surface area contributed by atoms with Crippen LogP contribution in [0.15, 0.2) is 0 Å². The molecule has 0 saturated carbocycles. The van der Waals surface area contributed by atoms with Gasteiger partial charge in [0.2, 0.25) is 0 Å². The Morgan fingerprint density at radius 3 is 2.17 bits per heavy atom. The number of likely N-dealkylation sites (N-methyl/N-ethyl adjacent to an activating group) is 1. The number of aliphatic hydroxyl groups is 5. The third kappa shape index (κ3) is 10.5. The molecule has 0 aromatic rings. The number of methoxy groups -OCH3 is 1. The zero-order valence-electron chi connectivity index (χ0n) is 35.6. The Morgan fingerprint density at radius 2 is 1.61 bits per heavy atom. The monoisotopic (exact) mass is 777 g/mol. The Balaban J connectivity index is 2.21. The summed E-state index contributed by atoms with van der Waals surface area (Å²) >= 11 is 0. The van der Waals surface area contributed by atoms with Crippen molar-refractivity contribution in [1.29, 1.82) is 0 Å². The summed E-state index contributed by atoms with van der Waals surface area (Å²) in [6.07, 6.45) is -5.37. The number of esters is 1. The Hall–Kier alpha value is -1.01. The molecule has 3 fully saturated rings. The molecule has 0 amide bonds. The molecular weight excluding hydrogens is 700 g/mol. The Morgan fingerprint density at radius 1 is 0.981 bits per heavy atom. The highest BCUT2D eigenvalue weighted by Crippen LogP contribution is 2.42. The second-order valence-electron chi connectivity index (χ2n) is 18.0. The average molecular weight is 777 g/mol. The number of nitrogens with zero attached hydrogens (tertiary/aromatic N) is 1. The minimum atomic E-state index is -1.80. The van der Waals surface area contributed by atoms with Crippen LogP contribution in [0.3, 0.4) is 0 Å². The number of cyclic esters (lactones) is 1. The Kier molecular flexibility index (Phi) is 16.4. The fourth-order valence-corrected chi connectivity index (χ4v) is 9.36. The second-order valence-corrected chi connectivity index (χ2v) is 18.0. The van der Waals surface area contributed by atoms with Crippen LogP contribution in [0.5, 0.6) is 0 Å². The molecule has 14 heteroatoms. The molecule has 6 N–H and O–H groups in total. The standard InChI is InChI=1S/C40H76N2O12/c1-15-31-39(10,48)33(44)26(6)41-19-22(2)17-37(8,47)35(54-40(11)34(45)30(42(12)13)16-23(3)53-40)24(4)32(25(5)36(46)52-31)51-28-18-38(9,49-14)29(20-43)27(7)50-21-28/h22-35,41,43-45,47-48H,15-21H2,1-14H3/t22-,23-,24+,25-,26-,27+,28-,29?,30?,31-,32+,33-,34-,35?,37-,38-,39-,40?/m1/s1. The van der Waals surface area contributed by atoms with E-state index in [9.17, 15) is 30.3 Å². The molecule has 4 unspecified atom stereocenters. The highest BCUT2D eigenvalue weighted by molar-refractivity contribution is 5.73. The minimum absolute atomic E-state index is 0.143. The average Bonchev–Trinajstić information content (AvgIpc) is 3.21. The third-order valence-corrected chi connectivity index (χ3v) is 12.9. The smallest absolute Gasteiger partial charge is 0.311 e. The van der Waals surface area contributed by atoms with Crippen LogP contribution in [0.1, 0.15) is 102 Å². The van der Waals surface area contributed by atoms with Gasteiger partial charge in [0.15, 0.2) is 5.79 Å². The lowest BCUT2D eigenvalue weighted by Crippen LogP contribution is -2.64. The van der Waals surface area contributed by atoms with Crippen LogP contribution >= 0.6 is 0 Å². The highest BCUT2D eigenvalue weighted by atomic mass is 16.7. The molecule has 14 nitrogen and oxygen atoms in total. The van der Waals surface area contributed by atoms with Crippen molar-refractivity contribution >= 4 is 5.97 Å². The molecule has 0 aliphatic carbocycles. The van der Waals surface area contributed by atoms with E-state index < -0.39 is 83.1 Å². The summed E-state index contributed by atoms with van der Waals surface area (Å²) in [5, 5.41) is 61.1. The number of aliphatic hydroxyl groups excluding tert-OH is 3. The summed E-state index contributed by atoms with van der Waals surface area (Å²) in [5.74, 6) is -4.45. The second kappa shape index (κ2) is 18.7. The number of ether oxygens (including phenoxy) is 6. The SMILES string of the molecule is CC[C@H]1OC(=O)[C@H](C)[C@@H](O[C@H]2CO[C@@H](C)C(CO)[C@](C)(OC)C2)[C@H](C)C(OC2(C)O[C@H](C)CC(N(C)C)[C@H]2O)[C@](C)(O)C[C@@H](C)CN[C@H](C)[C@@H](O)[C@]1(C)O. The van der Waals surface area contributed by atoms with E-state index in [1.54, 1.807) is 41.7 Å². The topological polar surface area (TPSA) is 189 Å². The third-order valence-electron chi connectivity index (χ3n) is 12.9. The van der Waals surface area contributed by atoms with Crippen molar-refractivity contribution in [2.75, 3.05) is 41.0 Å². The van der Waals surface area contributed by atoms with Gasteiger partial charge in [-0.05, 0) is 101 Å². The molecule has 0 aromatic heterocycles. The van der Waals surface area contributed by atoms with Crippen molar-refractivity contribution in [3.05, 3.63) is 0 Å². The van der Waals surface area contributed by atoms with Crippen LogP contribution in [0.4, 0.5) is 0 Å². The van der Waals surface area contributed by atoms with E-state index in [-0.39, 0.29) is 56.1 Å². The zero-order chi connectivity index (χ0) is 41.1. The van der Waals surface area contributed by atoms with E-state index in [0.29, 0.717) is 19.4 Å². The summed E-state index contributed by atoms with van der Waals surface area (Å²) in [5.41, 5.74) is -4.20. The molecule has 3 heterocycles. The van der Waals surface area contributed by atoms with Gasteiger partial charge in [0.1, 0.15) is 23.9 Å². The summed E-state index contributed by atoms with van der Waals surface area (Å²) < 4.78 is 38.5. The van der Waals surface area contributed by atoms with Gasteiger partial charge in [0.05, 0.1) is 60.9 Å². The molecule has 18 atom stereocenters. The molecule has 3 rings (SSSR count). The maximum atomic E-state index is 14.3. The van der Waals surface area contributed by atoms with Gasteiger partial charge in [-0.15, -0.1) is 0 Å². The first-order valence-electron chi connectivity index (χ1n) is 20.1. The van der Waals surface area contributed by atoms with Gasteiger partial charge in [-0.25, -0.2) is 0 Å². The molecule has 0 bridgehead atoms. The van der Waals surface area contributed by atoms with Crippen molar-refractivity contribution < 1.29 is 58.7 Å². The first-order valence-corrected chi connectivity index (χ1v) is 20.1. The van der Waals surface area contributed by atoms with Gasteiger partial charge < -0.3 is 64.2 Å². The minimum Gasteiger partial charge on any atom is -0.459 e. The lowest BCUT2D eigenvalue weighted by atomic mass is 9.77. The van der Waals surface area contributed by atoms with Crippen LogP contribution in [0.2, 0.25) is 0 Å². The van der Waals surface area contributed by atoms with Crippen LogP contribution < -0.4 is 5.32 Å². The Bertz CT molecular complexity index is 1190. The van der Waals surface area contributed by atoms with Gasteiger partial charge in [-0.3, -0.25) is 4.79 Å². The van der Waals surface area contributed by atoms with Crippen LogP contribution in [-0.2, 0) is 33.2 Å². The van der Waals surface area contributed by atoms with Crippen LogP contribution in [-0.4, -0.2) is 161 Å². The largest absolute Gasteiger partial charge is 0.459 e. The number of carbonyl (C=O) groups excluding carboxylic acids is 1. The Labute approximate surface area is 324 Å². The number of carbonyl (C=O) groups is 1. The number of hydrogen-bond donors (Lipinski definition) is 6. The molecule has 318 valence electrons. The normalized spacial score (nSPS) is 49.4. The van der Waals surface area contributed by atoms with Crippen LogP contribution in [0, 0.1) is 23.7 Å². The lowest BCUT2D eigenvalue weighted by molar-refractivity contribution is -0.358. The van der Waals surface area contributed by atoms with E-state index >= 15 is 0 Å². The van der Waals surface area contributed by atoms with E-state index in [2.05, 4.69) is 5.32 Å². The van der Waals surface area contributed by atoms with Crippen molar-refractivity contribution in [3.8, 4) is 0 Å². The molecule has 0 spiro atoms. The predicted octanol–water partition coefficient (Wildman–Crippen LogP) is 2.24. The van der Waals surface area contributed by atoms with E-state index in [1.165, 1.54) is 6.92 Å². The van der Waals surface area contributed by atoms with Gasteiger partial charge >= 0.3 is 5.97 Å². The number of rotatable bonds is 8. The van der Waals surface area contributed by atoms with Gasteiger partial charge in [-0.1, -0.05) is 20.8 Å². The maximum Gasteiger partial charge on any atom is 0.311 e. The molecule has 54 heavy (non-hydrogen) atoms. The highest BCUT2D eigenvalue weighted by Gasteiger charge is 2.55. The summed E-state index contributed by atoms with van der Waals surface area (Å²) in [4.78, 5) is 16.2. The number of hydrogen-bond acceptors (Lipinski definition) is 14. The van der Waals surface area contributed by atoms with Gasteiger partial charge in [0.25, 0.3) is 0 Å². The van der Waals surface area contributed by atoms with Gasteiger partial charge in [0, 0.05) is 37.5 Å². The van der Waals surface area contributed by atoms with Crippen molar-refractivity contribution in [2.24, 2.45) is 23.7 Å². The molecule has 0 aromatic carbocycles. The van der Waals surface area contributed by atoms with E-state index in [0.717, 1.165) is 0 Å². The van der Waals surface area contributed by atoms with Crippen LogP contribution in [0.25, 0.3) is 0 Å². The summed E-state index contributed by atoms with van der Waals surface area (Å²) in [6, 6.07) is -0.886. The number of nitrogens with one attached hydrogen (secondary N) is 1. The molecule has 3 aliphatic heterocycles. The van der Waals surface area contributed by atoms with Crippen molar-refractivity contribution in [2.45, 2.75) is 185 Å². The predicted molar refractivity (Wildman–Crippen MR) is 204 cm³/mol. The van der Waals surface area contributed by atoms with Crippen molar-refractivity contribution in [3.63, 3.8) is 0 Å². The lowest BCUT2D eigenvalue weighted by Gasteiger charge is -2.52. The van der Waals surface area contributed by atoms with Gasteiger partial charge in [-0.2, -0.15) is 0 Å². The maximum absolute atomic E-state index is 14.3. The summed E-state index contributed by atoms with van der Waals surface area (Å²) in [7, 11) is 5.38. The molecular formula is C40H76N2O12. The molecule has 0 radical (unpaired) electrons. The quantitative estimate of drug-likeness (QED) is 0.197. The first kappa shape index (κ1) is 47.4. The zero-order valence-corrected chi connectivity index (χ0v) is 35.6.